The molecule has 1 atom stereocenters. The lowest BCUT2D eigenvalue weighted by atomic mass is 9.80. The average Bonchev–Trinajstić information content (AvgIpc) is 2.72. The minimum atomic E-state index is -0.924. The summed E-state index contributed by atoms with van der Waals surface area (Å²) in [6.45, 7) is 13.0. The third kappa shape index (κ3) is 5.94. The van der Waals surface area contributed by atoms with Crippen LogP contribution >= 0.6 is 0 Å². The van der Waals surface area contributed by atoms with Gasteiger partial charge in [-0.05, 0) is 60.6 Å². The Morgan fingerprint density at radius 3 is 2.29 bits per heavy atom. The molecule has 154 valence electrons. The molecular weight excluding hydrogens is 361 g/mol. The number of anilines is 1. The van der Waals surface area contributed by atoms with Crippen molar-refractivity contribution in [2.24, 2.45) is 0 Å². The number of hydrogen-bond acceptors (Lipinski definition) is 6. The van der Waals surface area contributed by atoms with Gasteiger partial charge in [-0.15, -0.1) is 0 Å². The molecule has 2 heterocycles. The summed E-state index contributed by atoms with van der Waals surface area (Å²) in [5, 5.41) is 5.31. The minimum Gasteiger partial charge on any atom is -0.444 e. The van der Waals surface area contributed by atoms with E-state index in [1.54, 1.807) is 45.2 Å². The van der Waals surface area contributed by atoms with Gasteiger partial charge in [0.25, 0.3) is 0 Å². The maximum atomic E-state index is 12.8. The van der Waals surface area contributed by atoms with Gasteiger partial charge in [-0.1, -0.05) is 6.07 Å². The topological polar surface area (TPSA) is 98.8 Å². The summed E-state index contributed by atoms with van der Waals surface area (Å²) in [5.41, 5.74) is -1.76. The number of pyridine rings is 1. The summed E-state index contributed by atoms with van der Waals surface area (Å²) in [7, 11) is -0.653. The number of carbonyl (C=O) groups is 2. The fraction of sp³-hybridized carbons (Fsp3) is 0.632. The molecule has 0 radical (unpaired) electrons. The highest BCUT2D eigenvalue weighted by Gasteiger charge is 2.52. The molecule has 0 spiro atoms. The van der Waals surface area contributed by atoms with Gasteiger partial charge in [0.1, 0.15) is 17.5 Å². The van der Waals surface area contributed by atoms with Gasteiger partial charge >= 0.3 is 13.2 Å². The summed E-state index contributed by atoms with van der Waals surface area (Å²) in [4.78, 5) is 29.1. The second kappa shape index (κ2) is 8.09. The van der Waals surface area contributed by atoms with E-state index < -0.39 is 42.0 Å². The van der Waals surface area contributed by atoms with Crippen LogP contribution in [0.4, 0.5) is 10.6 Å². The van der Waals surface area contributed by atoms with Crippen LogP contribution in [0.5, 0.6) is 0 Å². The second-order valence-electron chi connectivity index (χ2n) is 8.82. The van der Waals surface area contributed by atoms with Crippen LogP contribution in [0.25, 0.3) is 0 Å². The molecule has 1 aliphatic heterocycles. The summed E-state index contributed by atoms with van der Waals surface area (Å²) >= 11 is 0. The Kier molecular flexibility index (Phi) is 6.40. The van der Waals surface area contributed by atoms with Crippen LogP contribution < -0.4 is 10.6 Å². The molecule has 1 saturated heterocycles. The van der Waals surface area contributed by atoms with Crippen LogP contribution in [0.15, 0.2) is 24.4 Å². The van der Waals surface area contributed by atoms with Gasteiger partial charge in [-0.25, -0.2) is 9.78 Å². The van der Waals surface area contributed by atoms with E-state index >= 15 is 0 Å². The summed E-state index contributed by atoms with van der Waals surface area (Å²) in [5.74, 6) is -0.0447. The van der Waals surface area contributed by atoms with Crippen LogP contribution in [0.1, 0.15) is 48.5 Å². The Bertz CT molecular complexity index is 687. The normalized spacial score (nSPS) is 19.0. The van der Waals surface area contributed by atoms with Crippen LogP contribution in [-0.4, -0.2) is 46.9 Å². The van der Waals surface area contributed by atoms with E-state index in [1.807, 2.05) is 27.7 Å². The summed E-state index contributed by atoms with van der Waals surface area (Å²) < 4.78 is 17.2. The molecule has 0 saturated carbocycles. The molecule has 8 nitrogen and oxygen atoms in total. The zero-order valence-electron chi connectivity index (χ0n) is 17.7. The maximum Gasteiger partial charge on any atom is 0.460 e. The summed E-state index contributed by atoms with van der Waals surface area (Å²) in [6.07, 6.45) is 1.01. The molecule has 1 unspecified atom stereocenters. The number of nitrogens with zero attached hydrogens (tertiary/aromatic N) is 1. The van der Waals surface area contributed by atoms with Crippen LogP contribution in [-0.2, 0) is 18.8 Å². The minimum absolute atomic E-state index is 0.130. The first kappa shape index (κ1) is 22.2. The lowest BCUT2D eigenvalue weighted by Crippen LogP contribution is -2.48. The molecular formula is C19H30BN3O5. The molecule has 9 heteroatoms. The van der Waals surface area contributed by atoms with Crippen LogP contribution in [0.2, 0.25) is 6.32 Å². The largest absolute Gasteiger partial charge is 0.460 e. The third-order valence-electron chi connectivity index (χ3n) is 4.65. The standard InChI is InChI=1S/C19H30BN3O5/c1-17(2,3)26-16(25)22-13(15(24)23-14-10-8-9-11-21-14)12-20-27-18(4,5)19(6,7)28-20/h8-11,13H,12H2,1-7H3,(H,22,25)(H,21,23,24). The monoisotopic (exact) mass is 391 g/mol. The Morgan fingerprint density at radius 1 is 1.18 bits per heavy atom. The van der Waals surface area contributed by atoms with Crippen LogP contribution in [0, 0.1) is 0 Å². The molecule has 1 fully saturated rings. The Labute approximate surface area is 166 Å². The predicted octanol–water partition coefficient (Wildman–Crippen LogP) is 3.01. The van der Waals surface area contributed by atoms with Crippen molar-refractivity contribution in [3.8, 4) is 0 Å². The lowest BCUT2D eigenvalue weighted by molar-refractivity contribution is -0.117. The SMILES string of the molecule is CC(C)(C)OC(=O)NC(CB1OC(C)(C)C(C)(C)O1)C(=O)Nc1ccccn1. The van der Waals surface area contributed by atoms with Crippen molar-refractivity contribution in [1.82, 2.24) is 10.3 Å². The number of ether oxygens (including phenoxy) is 1. The zero-order chi connectivity index (χ0) is 21.2. The molecule has 0 bridgehead atoms. The van der Waals surface area contributed by atoms with Crippen molar-refractivity contribution in [3.63, 3.8) is 0 Å². The molecule has 28 heavy (non-hydrogen) atoms. The van der Waals surface area contributed by atoms with Crippen LogP contribution in [0.3, 0.4) is 0 Å². The molecule has 2 N–H and O–H groups in total. The lowest BCUT2D eigenvalue weighted by Gasteiger charge is -2.32. The zero-order valence-corrected chi connectivity index (χ0v) is 17.7. The van der Waals surface area contributed by atoms with Gasteiger partial charge in [-0.3, -0.25) is 4.79 Å². The molecule has 1 aromatic heterocycles. The van der Waals surface area contributed by atoms with Gasteiger partial charge < -0.3 is 24.7 Å². The molecule has 2 amide bonds. The maximum absolute atomic E-state index is 12.8. The first-order valence-electron chi connectivity index (χ1n) is 9.36. The molecule has 2 rings (SSSR count). The fourth-order valence-corrected chi connectivity index (χ4v) is 2.59. The van der Waals surface area contributed by atoms with E-state index in [9.17, 15) is 9.59 Å². The van der Waals surface area contributed by atoms with Gasteiger partial charge in [-0.2, -0.15) is 0 Å². The highest BCUT2D eigenvalue weighted by molar-refractivity contribution is 6.46. The Hall–Kier alpha value is -2.13. The number of amides is 2. The van der Waals surface area contributed by atoms with Crippen molar-refractivity contribution >= 4 is 24.9 Å². The van der Waals surface area contributed by atoms with Gasteiger partial charge in [0, 0.05) is 12.5 Å². The highest BCUT2D eigenvalue weighted by atomic mass is 16.7. The van der Waals surface area contributed by atoms with E-state index in [1.165, 1.54) is 0 Å². The summed E-state index contributed by atoms with van der Waals surface area (Å²) in [6, 6.07) is 4.24. The molecule has 0 aromatic carbocycles. The average molecular weight is 391 g/mol. The van der Waals surface area contributed by atoms with Gasteiger partial charge in [0.05, 0.1) is 11.2 Å². The van der Waals surface area contributed by atoms with Gasteiger partial charge in [0.15, 0.2) is 0 Å². The smallest absolute Gasteiger partial charge is 0.444 e. The third-order valence-corrected chi connectivity index (χ3v) is 4.65. The van der Waals surface area contributed by atoms with E-state index in [-0.39, 0.29) is 6.32 Å². The highest BCUT2D eigenvalue weighted by Crippen LogP contribution is 2.38. The van der Waals surface area contributed by atoms with Crippen molar-refractivity contribution < 1.29 is 23.6 Å². The van der Waals surface area contributed by atoms with Crippen molar-refractivity contribution in [1.29, 1.82) is 0 Å². The number of rotatable bonds is 5. The van der Waals surface area contributed by atoms with E-state index in [2.05, 4.69) is 15.6 Å². The Balaban J connectivity index is 2.12. The Morgan fingerprint density at radius 2 is 1.79 bits per heavy atom. The first-order chi connectivity index (χ1) is 12.8. The predicted molar refractivity (Wildman–Crippen MR) is 107 cm³/mol. The quantitative estimate of drug-likeness (QED) is 0.749. The van der Waals surface area contributed by atoms with Crippen molar-refractivity contribution in [2.75, 3.05) is 5.32 Å². The van der Waals surface area contributed by atoms with Crippen molar-refractivity contribution in [3.05, 3.63) is 24.4 Å². The first-order valence-corrected chi connectivity index (χ1v) is 9.36. The number of nitrogens with one attached hydrogen (secondary N) is 2. The molecule has 0 aliphatic carbocycles. The number of aromatic nitrogens is 1. The number of carbonyl (C=O) groups excluding carboxylic acids is 2. The van der Waals surface area contributed by atoms with E-state index in [4.69, 9.17) is 14.0 Å². The van der Waals surface area contributed by atoms with E-state index in [0.29, 0.717) is 5.82 Å². The van der Waals surface area contributed by atoms with E-state index in [0.717, 1.165) is 0 Å². The van der Waals surface area contributed by atoms with Gasteiger partial charge in [0.2, 0.25) is 5.91 Å². The molecule has 1 aromatic rings. The van der Waals surface area contributed by atoms with Crippen molar-refractivity contribution in [2.45, 2.75) is 77.6 Å². The second-order valence-corrected chi connectivity index (χ2v) is 8.82. The number of alkyl carbamates (subject to hydrolysis) is 1. The number of hydrogen-bond donors (Lipinski definition) is 2. The molecule has 1 aliphatic rings. The fourth-order valence-electron chi connectivity index (χ4n) is 2.59.